The molecule has 1 amide bonds. The van der Waals surface area contributed by atoms with E-state index >= 15 is 0 Å². The highest BCUT2D eigenvalue weighted by atomic mass is 32.1. The lowest BCUT2D eigenvalue weighted by molar-refractivity contribution is 0.0476. The van der Waals surface area contributed by atoms with Crippen molar-refractivity contribution in [3.63, 3.8) is 0 Å². The second-order valence-electron chi connectivity index (χ2n) is 6.87. The van der Waals surface area contributed by atoms with Gasteiger partial charge < -0.3 is 14.8 Å². The first-order chi connectivity index (χ1) is 15.7. The van der Waals surface area contributed by atoms with E-state index in [2.05, 4.69) is 16.4 Å². The fourth-order valence-electron chi connectivity index (χ4n) is 2.85. The maximum atomic E-state index is 12.8. The van der Waals surface area contributed by atoms with Crippen molar-refractivity contribution in [3.8, 4) is 22.4 Å². The topological polar surface area (TPSA) is 101 Å². The van der Waals surface area contributed by atoms with E-state index in [0.29, 0.717) is 23.5 Å². The quantitative estimate of drug-likeness (QED) is 0.331. The van der Waals surface area contributed by atoms with Crippen LogP contribution in [0.15, 0.2) is 60.8 Å². The predicted octanol–water partition coefficient (Wildman–Crippen LogP) is 5.34. The third-order valence-corrected chi connectivity index (χ3v) is 5.57. The molecule has 164 valence electrons. The average Bonchev–Trinajstić information content (AvgIpc) is 3.25. The molecule has 0 saturated carbocycles. The lowest BCUT2D eigenvalue weighted by Gasteiger charge is -2.08. The largest absolute Gasteiger partial charge is 0.457 e. The Morgan fingerprint density at radius 2 is 1.88 bits per heavy atom. The number of carbonyl (C=O) groups is 2. The van der Waals surface area contributed by atoms with Crippen molar-refractivity contribution in [1.82, 2.24) is 10.3 Å². The fraction of sp³-hybridized carbons (Fsp3) is 0.250. The number of nitrogens with zero attached hydrogens (tertiary/aromatic N) is 2. The van der Waals surface area contributed by atoms with E-state index in [0.717, 1.165) is 36.2 Å². The Hall–Kier alpha value is -3.70. The van der Waals surface area contributed by atoms with Gasteiger partial charge in [0.2, 0.25) is 0 Å². The maximum Gasteiger partial charge on any atom is 0.412 e. The predicted molar refractivity (Wildman–Crippen MR) is 121 cm³/mol. The van der Waals surface area contributed by atoms with Crippen molar-refractivity contribution < 1.29 is 19.1 Å². The second-order valence-corrected chi connectivity index (χ2v) is 7.92. The van der Waals surface area contributed by atoms with E-state index in [9.17, 15) is 9.59 Å². The summed E-state index contributed by atoms with van der Waals surface area (Å²) in [5.74, 6) is -0.434. The molecule has 0 aliphatic rings. The van der Waals surface area contributed by atoms with Gasteiger partial charge in [0.25, 0.3) is 0 Å². The normalized spacial score (nSPS) is 10.2. The molecule has 8 heteroatoms. The van der Waals surface area contributed by atoms with E-state index in [-0.39, 0.29) is 17.2 Å². The van der Waals surface area contributed by atoms with Crippen molar-refractivity contribution in [2.75, 3.05) is 6.54 Å². The van der Waals surface area contributed by atoms with Gasteiger partial charge in [0, 0.05) is 25.2 Å². The summed E-state index contributed by atoms with van der Waals surface area (Å²) in [5, 5.41) is 11.2. The number of benzene rings is 1. The molecule has 3 aromatic rings. The van der Waals surface area contributed by atoms with Gasteiger partial charge in [-0.3, -0.25) is 4.98 Å². The maximum absolute atomic E-state index is 12.8. The molecule has 0 spiro atoms. The molecule has 32 heavy (non-hydrogen) atoms. The summed E-state index contributed by atoms with van der Waals surface area (Å²) in [6.07, 6.45) is 3.89. The van der Waals surface area contributed by atoms with Crippen LogP contribution in [-0.2, 0) is 11.3 Å². The van der Waals surface area contributed by atoms with Gasteiger partial charge in [0.15, 0.2) is 10.6 Å². The van der Waals surface area contributed by atoms with Crippen LogP contribution in [-0.4, -0.2) is 23.6 Å². The fourth-order valence-corrected chi connectivity index (χ4v) is 3.80. The zero-order chi connectivity index (χ0) is 22.6. The molecule has 0 aliphatic heterocycles. The van der Waals surface area contributed by atoms with Crippen LogP contribution in [0.2, 0.25) is 0 Å². The van der Waals surface area contributed by atoms with Gasteiger partial charge in [-0.25, -0.2) is 9.59 Å². The third-order valence-electron chi connectivity index (χ3n) is 4.45. The SMILES string of the molecule is N#CCCCCCNC(=O)Oc1cc(-c2ccccn2)sc1C(=O)OCc1ccccc1. The molecule has 0 aliphatic carbocycles. The molecular formula is C24H23N3O4S. The smallest absolute Gasteiger partial charge is 0.412 e. The number of rotatable bonds is 10. The molecule has 2 aromatic heterocycles. The Morgan fingerprint density at radius 1 is 1.06 bits per heavy atom. The number of pyridine rings is 1. The number of esters is 1. The lowest BCUT2D eigenvalue weighted by atomic mass is 10.2. The molecule has 0 radical (unpaired) electrons. The van der Waals surface area contributed by atoms with E-state index in [4.69, 9.17) is 14.7 Å². The Balaban J connectivity index is 1.67. The van der Waals surface area contributed by atoms with Crippen molar-refractivity contribution in [3.05, 3.63) is 71.2 Å². The lowest BCUT2D eigenvalue weighted by Crippen LogP contribution is -2.28. The number of thiophene rings is 1. The van der Waals surface area contributed by atoms with Crippen molar-refractivity contribution in [2.45, 2.75) is 32.3 Å². The Bertz CT molecular complexity index is 1060. The third kappa shape index (κ3) is 6.93. The average molecular weight is 450 g/mol. The summed E-state index contributed by atoms with van der Waals surface area (Å²) < 4.78 is 10.9. The number of aromatic nitrogens is 1. The van der Waals surface area contributed by atoms with Crippen LogP contribution in [0.3, 0.4) is 0 Å². The summed E-state index contributed by atoms with van der Waals surface area (Å²) in [7, 11) is 0. The molecule has 0 fully saturated rings. The number of nitrogens with one attached hydrogen (secondary N) is 1. The zero-order valence-corrected chi connectivity index (χ0v) is 18.3. The molecule has 0 saturated heterocycles. The van der Waals surface area contributed by atoms with Crippen LogP contribution in [0.1, 0.15) is 40.9 Å². The molecule has 2 heterocycles. The first-order valence-electron chi connectivity index (χ1n) is 10.3. The molecule has 0 unspecified atom stereocenters. The molecule has 0 bridgehead atoms. The molecule has 1 N–H and O–H groups in total. The van der Waals surface area contributed by atoms with Crippen LogP contribution < -0.4 is 10.1 Å². The van der Waals surface area contributed by atoms with E-state index in [1.54, 1.807) is 18.3 Å². The minimum atomic E-state index is -0.646. The van der Waals surface area contributed by atoms with Crippen molar-refractivity contribution in [2.24, 2.45) is 0 Å². The van der Waals surface area contributed by atoms with E-state index < -0.39 is 12.1 Å². The Labute approximate surface area is 190 Å². The highest BCUT2D eigenvalue weighted by Gasteiger charge is 2.22. The molecule has 7 nitrogen and oxygen atoms in total. The van der Waals surface area contributed by atoms with Gasteiger partial charge >= 0.3 is 12.1 Å². The van der Waals surface area contributed by atoms with Crippen LogP contribution >= 0.6 is 11.3 Å². The number of amides is 1. The minimum absolute atomic E-state index is 0.116. The molecule has 1 aromatic carbocycles. The summed E-state index contributed by atoms with van der Waals surface area (Å²) in [6.45, 7) is 0.542. The van der Waals surface area contributed by atoms with Gasteiger partial charge in [0.1, 0.15) is 6.61 Å². The standard InChI is InChI=1S/C24H23N3O4S/c25-13-7-1-2-8-15-27-24(29)31-20-16-21(19-12-6-9-14-26-19)32-22(20)23(28)30-17-18-10-4-3-5-11-18/h3-6,9-12,14,16H,1-2,7-8,15,17H2,(H,27,29). The van der Waals surface area contributed by atoms with Gasteiger partial charge in [-0.15, -0.1) is 11.3 Å². The summed E-state index contributed by atoms with van der Waals surface area (Å²) in [6, 6.07) is 18.5. The zero-order valence-electron chi connectivity index (χ0n) is 17.5. The molecule has 3 rings (SSSR count). The van der Waals surface area contributed by atoms with Crippen molar-refractivity contribution >= 4 is 23.4 Å². The summed E-state index contributed by atoms with van der Waals surface area (Å²) in [4.78, 5) is 30.2. The van der Waals surface area contributed by atoms with Crippen LogP contribution in [0, 0.1) is 11.3 Å². The Kier molecular flexibility index (Phi) is 8.78. The second kappa shape index (κ2) is 12.2. The number of nitriles is 1. The molecular weight excluding hydrogens is 426 g/mol. The first kappa shape index (κ1) is 23.0. The van der Waals surface area contributed by atoms with Gasteiger partial charge in [0.05, 0.1) is 16.6 Å². The number of ether oxygens (including phenoxy) is 2. The Morgan fingerprint density at radius 3 is 2.62 bits per heavy atom. The van der Waals surface area contributed by atoms with Gasteiger partial charge in [-0.2, -0.15) is 5.26 Å². The van der Waals surface area contributed by atoms with Gasteiger partial charge in [-0.05, 0) is 30.5 Å². The summed E-state index contributed by atoms with van der Waals surface area (Å²) in [5.41, 5.74) is 1.53. The minimum Gasteiger partial charge on any atom is -0.457 e. The highest BCUT2D eigenvalue weighted by molar-refractivity contribution is 7.17. The van der Waals surface area contributed by atoms with Crippen LogP contribution in [0.5, 0.6) is 5.75 Å². The van der Waals surface area contributed by atoms with E-state index in [1.165, 1.54) is 0 Å². The van der Waals surface area contributed by atoms with Crippen LogP contribution in [0.4, 0.5) is 4.79 Å². The molecule has 0 atom stereocenters. The van der Waals surface area contributed by atoms with Crippen molar-refractivity contribution in [1.29, 1.82) is 5.26 Å². The first-order valence-corrected chi connectivity index (χ1v) is 11.1. The number of hydrogen-bond acceptors (Lipinski definition) is 7. The monoisotopic (exact) mass is 449 g/mol. The van der Waals surface area contributed by atoms with E-state index in [1.807, 2.05) is 42.5 Å². The highest BCUT2D eigenvalue weighted by Crippen LogP contribution is 2.36. The number of hydrogen-bond donors (Lipinski definition) is 1. The van der Waals surface area contributed by atoms with Crippen LogP contribution in [0.25, 0.3) is 10.6 Å². The number of unbranched alkanes of at least 4 members (excludes halogenated alkanes) is 3. The summed E-state index contributed by atoms with van der Waals surface area (Å²) >= 11 is 1.16. The van der Waals surface area contributed by atoms with Gasteiger partial charge in [-0.1, -0.05) is 42.8 Å². The number of carbonyl (C=O) groups excluding carboxylic acids is 2.